The Hall–Kier alpha value is -1.62. The van der Waals surface area contributed by atoms with E-state index in [9.17, 15) is 4.79 Å². The summed E-state index contributed by atoms with van der Waals surface area (Å²) in [7, 11) is 5.29. The molecule has 4 nitrogen and oxygen atoms in total. The molecule has 0 atom stereocenters. The first-order chi connectivity index (χ1) is 8.54. The molecule has 0 radical (unpaired) electrons. The van der Waals surface area contributed by atoms with Crippen LogP contribution >= 0.6 is 15.9 Å². The quantitative estimate of drug-likeness (QED) is 0.800. The lowest BCUT2D eigenvalue weighted by molar-refractivity contribution is 0.0599. The standard InChI is InChI=1S/C13H13BrN2O2/c1-16(2)8-4-5-11-9(6-8)12(14)10(7-15-11)13(17)18-3/h4-7H,1-3H3. The van der Waals surface area contributed by atoms with Crippen molar-refractivity contribution in [3.63, 3.8) is 0 Å². The highest BCUT2D eigenvalue weighted by molar-refractivity contribution is 9.10. The van der Waals surface area contributed by atoms with E-state index < -0.39 is 5.97 Å². The molecule has 0 N–H and O–H groups in total. The number of hydrogen-bond acceptors (Lipinski definition) is 4. The lowest BCUT2D eigenvalue weighted by Crippen LogP contribution is -2.08. The maximum Gasteiger partial charge on any atom is 0.340 e. The van der Waals surface area contributed by atoms with E-state index in [1.807, 2.05) is 37.2 Å². The number of nitrogens with zero attached hydrogens (tertiary/aromatic N) is 2. The molecule has 0 bridgehead atoms. The highest BCUT2D eigenvalue weighted by atomic mass is 79.9. The number of halogens is 1. The summed E-state index contributed by atoms with van der Waals surface area (Å²) in [5.74, 6) is -0.397. The first-order valence-corrected chi connectivity index (χ1v) is 6.18. The molecule has 0 fully saturated rings. The third kappa shape index (κ3) is 2.18. The molecule has 1 aromatic carbocycles. The van der Waals surface area contributed by atoms with E-state index in [0.717, 1.165) is 16.6 Å². The summed E-state index contributed by atoms with van der Waals surface area (Å²) in [4.78, 5) is 17.9. The number of methoxy groups -OCH3 is 1. The van der Waals surface area contributed by atoms with Gasteiger partial charge in [0, 0.05) is 35.8 Å². The second kappa shape index (κ2) is 4.94. The second-order valence-electron chi connectivity index (χ2n) is 4.07. The number of anilines is 1. The molecular weight excluding hydrogens is 296 g/mol. The van der Waals surface area contributed by atoms with Crippen molar-refractivity contribution in [2.24, 2.45) is 0 Å². The van der Waals surface area contributed by atoms with Crippen molar-refractivity contribution in [3.8, 4) is 0 Å². The highest BCUT2D eigenvalue weighted by Crippen LogP contribution is 2.29. The molecule has 2 rings (SSSR count). The normalized spacial score (nSPS) is 10.4. The SMILES string of the molecule is COC(=O)c1cnc2ccc(N(C)C)cc2c1Br. The zero-order valence-electron chi connectivity index (χ0n) is 10.4. The van der Waals surface area contributed by atoms with Gasteiger partial charge in [0.05, 0.1) is 18.2 Å². The molecule has 18 heavy (non-hydrogen) atoms. The van der Waals surface area contributed by atoms with Gasteiger partial charge in [-0.15, -0.1) is 0 Å². The summed E-state index contributed by atoms with van der Waals surface area (Å²) >= 11 is 3.45. The molecule has 5 heteroatoms. The predicted molar refractivity (Wildman–Crippen MR) is 75.1 cm³/mol. The average molecular weight is 309 g/mol. The number of esters is 1. The molecule has 0 aliphatic carbocycles. The van der Waals surface area contributed by atoms with Crippen molar-refractivity contribution in [3.05, 3.63) is 34.4 Å². The summed E-state index contributed by atoms with van der Waals surface area (Å²) in [6, 6.07) is 5.90. The summed E-state index contributed by atoms with van der Waals surface area (Å²) in [5.41, 5.74) is 2.31. The van der Waals surface area contributed by atoms with Crippen LogP contribution in [0.25, 0.3) is 10.9 Å². The summed E-state index contributed by atoms with van der Waals surface area (Å²) in [6.45, 7) is 0. The maximum atomic E-state index is 11.6. The predicted octanol–water partition coefficient (Wildman–Crippen LogP) is 2.85. The van der Waals surface area contributed by atoms with E-state index in [4.69, 9.17) is 4.74 Å². The third-order valence-electron chi connectivity index (χ3n) is 2.71. The van der Waals surface area contributed by atoms with E-state index in [1.54, 1.807) is 0 Å². The molecule has 0 saturated carbocycles. The molecule has 0 saturated heterocycles. The number of carbonyl (C=O) groups is 1. The van der Waals surface area contributed by atoms with Crippen LogP contribution in [0.4, 0.5) is 5.69 Å². The van der Waals surface area contributed by atoms with Gasteiger partial charge in [0.1, 0.15) is 0 Å². The molecule has 0 unspecified atom stereocenters. The molecule has 0 aliphatic heterocycles. The van der Waals surface area contributed by atoms with Crippen LogP contribution in [0.15, 0.2) is 28.9 Å². The topological polar surface area (TPSA) is 42.4 Å². The van der Waals surface area contributed by atoms with Crippen LogP contribution in [0.3, 0.4) is 0 Å². The van der Waals surface area contributed by atoms with Gasteiger partial charge in [-0.05, 0) is 34.1 Å². The first kappa shape index (κ1) is 12.8. The number of fused-ring (bicyclic) bond motifs is 1. The van der Waals surface area contributed by atoms with Crippen molar-refractivity contribution in [2.45, 2.75) is 0 Å². The van der Waals surface area contributed by atoms with Crippen LogP contribution in [0.5, 0.6) is 0 Å². The van der Waals surface area contributed by atoms with E-state index in [0.29, 0.717) is 10.0 Å². The van der Waals surface area contributed by atoms with Crippen LogP contribution in [0.1, 0.15) is 10.4 Å². The maximum absolute atomic E-state index is 11.6. The fourth-order valence-corrected chi connectivity index (χ4v) is 2.26. The molecular formula is C13H13BrN2O2. The largest absolute Gasteiger partial charge is 0.465 e. The van der Waals surface area contributed by atoms with Gasteiger partial charge >= 0.3 is 5.97 Å². The van der Waals surface area contributed by atoms with Gasteiger partial charge in [-0.3, -0.25) is 4.98 Å². The Balaban J connectivity index is 2.67. The second-order valence-corrected chi connectivity index (χ2v) is 4.87. The zero-order chi connectivity index (χ0) is 13.3. The summed E-state index contributed by atoms with van der Waals surface area (Å²) in [5, 5.41) is 0.893. The van der Waals surface area contributed by atoms with Gasteiger partial charge in [-0.2, -0.15) is 0 Å². The van der Waals surface area contributed by atoms with Gasteiger partial charge in [-0.1, -0.05) is 0 Å². The minimum Gasteiger partial charge on any atom is -0.465 e. The average Bonchev–Trinajstić information content (AvgIpc) is 2.38. The van der Waals surface area contributed by atoms with Crippen LogP contribution in [0, 0.1) is 0 Å². The molecule has 1 aromatic heterocycles. The molecule has 0 amide bonds. The van der Waals surface area contributed by atoms with Crippen molar-refractivity contribution in [1.29, 1.82) is 0 Å². The lowest BCUT2D eigenvalue weighted by atomic mass is 10.1. The van der Waals surface area contributed by atoms with Crippen molar-refractivity contribution >= 4 is 38.5 Å². The van der Waals surface area contributed by atoms with Gasteiger partial charge in [0.2, 0.25) is 0 Å². The highest BCUT2D eigenvalue weighted by Gasteiger charge is 2.14. The summed E-state index contributed by atoms with van der Waals surface area (Å²) in [6.07, 6.45) is 1.52. The Bertz CT molecular complexity index is 611. The Morgan fingerprint density at radius 3 is 2.72 bits per heavy atom. The molecule has 0 spiro atoms. The Morgan fingerprint density at radius 2 is 2.11 bits per heavy atom. The minimum absolute atomic E-state index is 0.397. The van der Waals surface area contributed by atoms with Gasteiger partial charge in [-0.25, -0.2) is 4.79 Å². The number of rotatable bonds is 2. The van der Waals surface area contributed by atoms with Crippen LogP contribution in [0.2, 0.25) is 0 Å². The third-order valence-corrected chi connectivity index (χ3v) is 3.56. The van der Waals surface area contributed by atoms with Gasteiger partial charge < -0.3 is 9.64 Å². The fourth-order valence-electron chi connectivity index (χ4n) is 1.68. The van der Waals surface area contributed by atoms with Crippen molar-refractivity contribution in [2.75, 3.05) is 26.1 Å². The Kier molecular flexibility index (Phi) is 3.52. The fraction of sp³-hybridized carbons (Fsp3) is 0.231. The van der Waals surface area contributed by atoms with Crippen molar-refractivity contribution < 1.29 is 9.53 Å². The number of pyridine rings is 1. The lowest BCUT2D eigenvalue weighted by Gasteiger charge is -2.14. The van der Waals surface area contributed by atoms with Crippen molar-refractivity contribution in [1.82, 2.24) is 4.98 Å². The van der Waals surface area contributed by atoms with Gasteiger partial charge in [0.15, 0.2) is 0 Å². The smallest absolute Gasteiger partial charge is 0.340 e. The molecule has 94 valence electrons. The number of ether oxygens (including phenoxy) is 1. The number of carbonyl (C=O) groups excluding carboxylic acids is 1. The zero-order valence-corrected chi connectivity index (χ0v) is 12.0. The van der Waals surface area contributed by atoms with Crippen LogP contribution in [-0.4, -0.2) is 32.2 Å². The van der Waals surface area contributed by atoms with E-state index in [2.05, 4.69) is 20.9 Å². The van der Waals surface area contributed by atoms with E-state index in [-0.39, 0.29) is 0 Å². The summed E-state index contributed by atoms with van der Waals surface area (Å²) < 4.78 is 5.44. The number of hydrogen-bond donors (Lipinski definition) is 0. The number of aromatic nitrogens is 1. The van der Waals surface area contributed by atoms with E-state index in [1.165, 1.54) is 13.3 Å². The number of benzene rings is 1. The monoisotopic (exact) mass is 308 g/mol. The molecule has 1 heterocycles. The molecule has 2 aromatic rings. The Morgan fingerprint density at radius 1 is 1.39 bits per heavy atom. The van der Waals surface area contributed by atoms with Crippen LogP contribution in [-0.2, 0) is 4.74 Å². The first-order valence-electron chi connectivity index (χ1n) is 5.38. The van der Waals surface area contributed by atoms with Gasteiger partial charge in [0.25, 0.3) is 0 Å². The molecule has 0 aliphatic rings. The van der Waals surface area contributed by atoms with Crippen LogP contribution < -0.4 is 4.90 Å². The Labute approximate surface area is 114 Å². The van der Waals surface area contributed by atoms with E-state index >= 15 is 0 Å². The minimum atomic E-state index is -0.397.